The topological polar surface area (TPSA) is 54.9 Å². The number of aryl methyl sites for hydroxylation is 1. The van der Waals surface area contributed by atoms with Gasteiger partial charge in [0.2, 0.25) is 0 Å². The highest BCUT2D eigenvalue weighted by atomic mass is 32.1. The molecule has 0 spiro atoms. The van der Waals surface area contributed by atoms with E-state index in [1.807, 2.05) is 37.3 Å². The second kappa shape index (κ2) is 6.15. The number of aromatic nitrogens is 2. The Labute approximate surface area is 130 Å². The van der Waals surface area contributed by atoms with Gasteiger partial charge in [0, 0.05) is 16.6 Å². The Hall–Kier alpha value is -2.05. The van der Waals surface area contributed by atoms with E-state index < -0.39 is 0 Å². The summed E-state index contributed by atoms with van der Waals surface area (Å²) in [6.45, 7) is 2.45. The van der Waals surface area contributed by atoms with E-state index >= 15 is 0 Å². The quantitative estimate of drug-likeness (QED) is 0.801. The predicted octanol–water partition coefficient (Wildman–Crippen LogP) is 3.51. The average molecular weight is 315 g/mol. The molecule has 106 valence electrons. The van der Waals surface area contributed by atoms with E-state index in [2.05, 4.69) is 15.3 Å². The van der Waals surface area contributed by atoms with Crippen molar-refractivity contribution in [1.82, 2.24) is 15.3 Å². The van der Waals surface area contributed by atoms with Gasteiger partial charge in [0.05, 0.1) is 17.7 Å². The lowest BCUT2D eigenvalue weighted by Crippen LogP contribution is -2.21. The fourth-order valence-corrected chi connectivity index (χ4v) is 3.41. The lowest BCUT2D eigenvalue weighted by molar-refractivity contribution is 0.0955. The van der Waals surface area contributed by atoms with Crippen molar-refractivity contribution >= 4 is 28.6 Å². The third-order valence-electron chi connectivity index (χ3n) is 2.84. The van der Waals surface area contributed by atoms with Gasteiger partial charge in [-0.1, -0.05) is 30.3 Å². The second-order valence-electron chi connectivity index (χ2n) is 4.42. The molecule has 0 atom stereocenters. The number of benzene rings is 1. The number of carbonyl (C=O) groups excluding carboxylic acids is 1. The minimum atomic E-state index is -0.0965. The summed E-state index contributed by atoms with van der Waals surface area (Å²) in [6.07, 6.45) is 3.42. The third-order valence-corrected chi connectivity index (χ3v) is 4.80. The smallest absolute Gasteiger partial charge is 0.263 e. The van der Waals surface area contributed by atoms with Crippen LogP contribution in [0.25, 0.3) is 10.6 Å². The zero-order chi connectivity index (χ0) is 14.7. The second-order valence-corrected chi connectivity index (χ2v) is 6.77. The molecular formula is C15H13N3OS2. The number of hydrogen-bond donors (Lipinski definition) is 1. The summed E-state index contributed by atoms with van der Waals surface area (Å²) < 4.78 is 0. The van der Waals surface area contributed by atoms with Crippen LogP contribution in [0.15, 0.2) is 42.7 Å². The number of nitrogens with zero attached hydrogens (tertiary/aromatic N) is 2. The standard InChI is InChI=1S/C15H13N3OS2/c1-10-16-7-12(20-10)8-17-14(19)13-9-18-15(21-13)11-5-3-2-4-6-11/h2-7,9H,8H2,1H3,(H,17,19). The molecule has 0 saturated carbocycles. The van der Waals surface area contributed by atoms with Crippen molar-refractivity contribution in [2.45, 2.75) is 13.5 Å². The maximum atomic E-state index is 12.1. The molecule has 2 heterocycles. The molecular weight excluding hydrogens is 302 g/mol. The number of thiazole rings is 2. The van der Waals surface area contributed by atoms with Crippen LogP contribution in [0, 0.1) is 6.92 Å². The van der Waals surface area contributed by atoms with Gasteiger partial charge in [-0.15, -0.1) is 22.7 Å². The molecule has 1 amide bonds. The van der Waals surface area contributed by atoms with Crippen molar-refractivity contribution in [3.63, 3.8) is 0 Å². The molecule has 1 N–H and O–H groups in total. The van der Waals surface area contributed by atoms with E-state index in [1.54, 1.807) is 23.7 Å². The first-order valence-corrected chi connectivity index (χ1v) is 8.06. The molecule has 0 fully saturated rings. The van der Waals surface area contributed by atoms with Crippen molar-refractivity contribution in [2.24, 2.45) is 0 Å². The Bertz CT molecular complexity index is 749. The summed E-state index contributed by atoms with van der Waals surface area (Å²) in [6, 6.07) is 9.86. The first-order valence-electron chi connectivity index (χ1n) is 6.43. The van der Waals surface area contributed by atoms with Crippen LogP contribution in [0.2, 0.25) is 0 Å². The van der Waals surface area contributed by atoms with Gasteiger partial charge < -0.3 is 5.32 Å². The predicted molar refractivity (Wildman–Crippen MR) is 85.6 cm³/mol. The summed E-state index contributed by atoms with van der Waals surface area (Å²) >= 11 is 2.99. The normalized spacial score (nSPS) is 10.5. The van der Waals surface area contributed by atoms with E-state index in [-0.39, 0.29) is 5.91 Å². The van der Waals surface area contributed by atoms with Crippen LogP contribution in [-0.4, -0.2) is 15.9 Å². The zero-order valence-electron chi connectivity index (χ0n) is 11.4. The van der Waals surface area contributed by atoms with Crippen LogP contribution < -0.4 is 5.32 Å². The Morgan fingerprint density at radius 2 is 1.95 bits per heavy atom. The lowest BCUT2D eigenvalue weighted by Gasteiger charge is -1.99. The summed E-state index contributed by atoms with van der Waals surface area (Å²) in [5, 5.41) is 4.75. The summed E-state index contributed by atoms with van der Waals surface area (Å²) in [5.74, 6) is -0.0965. The monoisotopic (exact) mass is 315 g/mol. The van der Waals surface area contributed by atoms with Gasteiger partial charge in [0.15, 0.2) is 0 Å². The fraction of sp³-hybridized carbons (Fsp3) is 0.133. The van der Waals surface area contributed by atoms with Crippen LogP contribution in [-0.2, 0) is 6.54 Å². The highest BCUT2D eigenvalue weighted by molar-refractivity contribution is 7.16. The van der Waals surface area contributed by atoms with Crippen molar-refractivity contribution in [2.75, 3.05) is 0 Å². The van der Waals surface area contributed by atoms with E-state index in [9.17, 15) is 4.79 Å². The number of amides is 1. The van der Waals surface area contributed by atoms with Gasteiger partial charge in [-0.05, 0) is 6.92 Å². The summed E-state index contributed by atoms with van der Waals surface area (Å²) in [5.41, 5.74) is 1.03. The van der Waals surface area contributed by atoms with E-state index in [4.69, 9.17) is 0 Å². The average Bonchev–Trinajstić information content (AvgIpc) is 3.15. The number of nitrogens with one attached hydrogen (secondary N) is 1. The molecule has 0 bridgehead atoms. The molecule has 6 heteroatoms. The number of hydrogen-bond acceptors (Lipinski definition) is 5. The van der Waals surface area contributed by atoms with Crippen molar-refractivity contribution in [3.05, 3.63) is 57.5 Å². The van der Waals surface area contributed by atoms with Crippen LogP contribution in [0.4, 0.5) is 0 Å². The SMILES string of the molecule is Cc1ncc(CNC(=O)c2cnc(-c3ccccc3)s2)s1. The fourth-order valence-electron chi connectivity index (χ4n) is 1.83. The molecule has 21 heavy (non-hydrogen) atoms. The molecule has 0 aliphatic rings. The zero-order valence-corrected chi connectivity index (χ0v) is 13.0. The third kappa shape index (κ3) is 3.34. The Morgan fingerprint density at radius 3 is 2.67 bits per heavy atom. The first-order chi connectivity index (χ1) is 10.2. The lowest BCUT2D eigenvalue weighted by atomic mass is 10.2. The molecule has 1 aromatic carbocycles. The van der Waals surface area contributed by atoms with Gasteiger partial charge in [-0.3, -0.25) is 4.79 Å². The van der Waals surface area contributed by atoms with E-state index in [0.717, 1.165) is 20.5 Å². The van der Waals surface area contributed by atoms with E-state index in [1.165, 1.54) is 11.3 Å². The van der Waals surface area contributed by atoms with Crippen LogP contribution in [0.5, 0.6) is 0 Å². The van der Waals surface area contributed by atoms with Crippen molar-refractivity contribution < 1.29 is 4.79 Å². The maximum Gasteiger partial charge on any atom is 0.263 e. The molecule has 3 rings (SSSR count). The molecule has 0 aliphatic carbocycles. The van der Waals surface area contributed by atoms with E-state index in [0.29, 0.717) is 11.4 Å². The van der Waals surface area contributed by atoms with Crippen LogP contribution >= 0.6 is 22.7 Å². The first kappa shape index (κ1) is 13.9. The van der Waals surface area contributed by atoms with Crippen LogP contribution in [0.3, 0.4) is 0 Å². The molecule has 0 unspecified atom stereocenters. The van der Waals surface area contributed by atoms with Crippen LogP contribution in [0.1, 0.15) is 19.6 Å². The molecule has 2 aromatic heterocycles. The van der Waals surface area contributed by atoms with Crippen molar-refractivity contribution in [3.8, 4) is 10.6 Å². The summed E-state index contributed by atoms with van der Waals surface area (Å²) in [4.78, 5) is 22.3. The van der Waals surface area contributed by atoms with Crippen molar-refractivity contribution in [1.29, 1.82) is 0 Å². The number of carbonyl (C=O) groups is 1. The molecule has 0 saturated heterocycles. The minimum absolute atomic E-state index is 0.0965. The molecule has 0 radical (unpaired) electrons. The highest BCUT2D eigenvalue weighted by Crippen LogP contribution is 2.24. The Morgan fingerprint density at radius 1 is 1.14 bits per heavy atom. The summed E-state index contributed by atoms with van der Waals surface area (Å²) in [7, 11) is 0. The maximum absolute atomic E-state index is 12.1. The highest BCUT2D eigenvalue weighted by Gasteiger charge is 2.11. The molecule has 3 aromatic rings. The van der Waals surface area contributed by atoms with Gasteiger partial charge in [0.25, 0.3) is 5.91 Å². The Balaban J connectivity index is 1.67. The Kier molecular flexibility index (Phi) is 4.08. The molecule has 4 nitrogen and oxygen atoms in total. The number of rotatable bonds is 4. The minimum Gasteiger partial charge on any atom is -0.346 e. The van der Waals surface area contributed by atoms with Gasteiger partial charge in [0.1, 0.15) is 9.88 Å². The van der Waals surface area contributed by atoms with Gasteiger partial charge in [-0.25, -0.2) is 9.97 Å². The molecule has 0 aliphatic heterocycles. The van der Waals surface area contributed by atoms with Gasteiger partial charge >= 0.3 is 0 Å². The largest absolute Gasteiger partial charge is 0.346 e. The van der Waals surface area contributed by atoms with Gasteiger partial charge in [-0.2, -0.15) is 0 Å².